The molecular formula is C22H21N5Na2O5. The monoisotopic (exact) mass is 481 g/mol. The van der Waals surface area contributed by atoms with E-state index in [1.165, 1.54) is 0 Å². The van der Waals surface area contributed by atoms with Crippen molar-refractivity contribution >= 4 is 40.5 Å². The fraction of sp³-hybridized carbons (Fsp3) is 0.227. The standard InChI is InChI=1S/C22H23N5O5.2Na/c1-11(20(29)30)8-15(21(31)32)9-16(28)13-5-2-12(3-6-13)4-7-14-10-25-19-17(14)18(23)26-22(24)27-19;;/h2-3,5-6,10,15H,1,4,7-9H2,(H,29,30)(H,31,32)(H5,23,24,25,26,27);;/q;2*+1/p-2. The van der Waals surface area contributed by atoms with Crippen molar-refractivity contribution in [3.8, 4) is 0 Å². The smallest absolute Gasteiger partial charge is 0.550 e. The molecule has 0 aliphatic rings. The Labute approximate surface area is 239 Å². The third kappa shape index (κ3) is 7.39. The minimum absolute atomic E-state index is 0. The van der Waals surface area contributed by atoms with Crippen molar-refractivity contribution in [2.45, 2.75) is 25.7 Å². The zero-order chi connectivity index (χ0) is 23.4. The van der Waals surface area contributed by atoms with Gasteiger partial charge in [-0.25, -0.2) is 0 Å². The van der Waals surface area contributed by atoms with E-state index in [0.717, 1.165) is 16.5 Å². The minimum atomic E-state index is -1.56. The Kier molecular flexibility index (Phi) is 11.4. The number of carboxylic acid groups (broad SMARTS) is 2. The van der Waals surface area contributed by atoms with Crippen LogP contribution in [0.1, 0.15) is 34.3 Å². The Morgan fingerprint density at radius 2 is 1.65 bits per heavy atom. The normalized spacial score (nSPS) is 11.2. The maximum Gasteiger partial charge on any atom is 1.00 e. The van der Waals surface area contributed by atoms with Crippen LogP contribution >= 0.6 is 0 Å². The number of carbonyl (C=O) groups excluding carboxylic acids is 3. The molecule has 12 heteroatoms. The number of anilines is 2. The summed E-state index contributed by atoms with van der Waals surface area (Å²) in [5, 5.41) is 22.8. The van der Waals surface area contributed by atoms with E-state index in [1.54, 1.807) is 30.5 Å². The van der Waals surface area contributed by atoms with Crippen molar-refractivity contribution in [2.24, 2.45) is 5.92 Å². The number of nitrogens with two attached hydrogens (primary N) is 2. The predicted molar refractivity (Wildman–Crippen MR) is 113 cm³/mol. The molecule has 0 saturated carbocycles. The number of nitrogens with zero attached hydrogens (tertiary/aromatic N) is 2. The van der Waals surface area contributed by atoms with E-state index < -0.39 is 42.1 Å². The summed E-state index contributed by atoms with van der Waals surface area (Å²) in [6.45, 7) is 3.25. The molecule has 0 fully saturated rings. The number of H-pyrrole nitrogens is 1. The Morgan fingerprint density at radius 1 is 1.00 bits per heavy atom. The summed E-state index contributed by atoms with van der Waals surface area (Å²) in [6, 6.07) is 6.75. The Bertz CT molecular complexity index is 1210. The van der Waals surface area contributed by atoms with Gasteiger partial charge in [0.2, 0.25) is 5.95 Å². The van der Waals surface area contributed by atoms with Crippen molar-refractivity contribution in [3.63, 3.8) is 0 Å². The van der Waals surface area contributed by atoms with Gasteiger partial charge in [-0.05, 0) is 36.0 Å². The van der Waals surface area contributed by atoms with Crippen LogP contribution in [0.15, 0.2) is 42.6 Å². The molecule has 0 spiro atoms. The summed E-state index contributed by atoms with van der Waals surface area (Å²) >= 11 is 0. The average molecular weight is 481 g/mol. The van der Waals surface area contributed by atoms with Crippen molar-refractivity contribution < 1.29 is 83.7 Å². The molecule has 1 aromatic carbocycles. The molecule has 166 valence electrons. The Hall–Kier alpha value is -2.21. The van der Waals surface area contributed by atoms with E-state index in [4.69, 9.17) is 11.5 Å². The second-order valence-corrected chi connectivity index (χ2v) is 7.44. The van der Waals surface area contributed by atoms with Crippen molar-refractivity contribution in [3.05, 3.63) is 59.3 Å². The van der Waals surface area contributed by atoms with Crippen molar-refractivity contribution in [1.29, 1.82) is 0 Å². The number of carboxylic acids is 2. The van der Waals surface area contributed by atoms with Gasteiger partial charge >= 0.3 is 59.1 Å². The third-order valence-corrected chi connectivity index (χ3v) is 5.16. The summed E-state index contributed by atoms with van der Waals surface area (Å²) < 4.78 is 0. The van der Waals surface area contributed by atoms with Gasteiger partial charge in [-0.2, -0.15) is 9.97 Å². The first-order chi connectivity index (χ1) is 15.2. The van der Waals surface area contributed by atoms with Crippen LogP contribution in [0.4, 0.5) is 11.8 Å². The average Bonchev–Trinajstić information content (AvgIpc) is 3.14. The number of aliphatic carboxylic acids is 2. The van der Waals surface area contributed by atoms with Crippen LogP contribution in [-0.4, -0.2) is 32.7 Å². The zero-order valence-electron chi connectivity index (χ0n) is 19.1. The van der Waals surface area contributed by atoms with Crippen LogP contribution in [0.3, 0.4) is 0 Å². The van der Waals surface area contributed by atoms with Gasteiger partial charge in [0.1, 0.15) is 11.5 Å². The van der Waals surface area contributed by atoms with E-state index in [2.05, 4.69) is 21.5 Å². The molecule has 3 aromatic rings. The second kappa shape index (κ2) is 13.0. The van der Waals surface area contributed by atoms with Crippen molar-refractivity contribution in [1.82, 2.24) is 15.0 Å². The van der Waals surface area contributed by atoms with E-state index >= 15 is 0 Å². The predicted octanol–water partition coefficient (Wildman–Crippen LogP) is -6.45. The number of nitrogen functional groups attached to an aromatic ring is 2. The van der Waals surface area contributed by atoms with Gasteiger partial charge in [-0.3, -0.25) is 4.79 Å². The van der Waals surface area contributed by atoms with E-state index in [1.807, 2.05) is 0 Å². The number of aromatic amines is 1. The summed E-state index contributed by atoms with van der Waals surface area (Å²) in [7, 11) is 0. The number of nitrogens with one attached hydrogen (secondary N) is 1. The number of carbonyl (C=O) groups is 3. The van der Waals surface area contributed by atoms with Gasteiger partial charge in [0.05, 0.1) is 11.4 Å². The molecule has 5 N–H and O–H groups in total. The van der Waals surface area contributed by atoms with E-state index in [0.29, 0.717) is 29.9 Å². The van der Waals surface area contributed by atoms with Crippen LogP contribution < -0.4 is 80.8 Å². The van der Waals surface area contributed by atoms with Gasteiger partial charge in [-0.15, -0.1) is 0 Å². The number of ketones is 1. The van der Waals surface area contributed by atoms with Crippen molar-refractivity contribution in [2.75, 3.05) is 11.5 Å². The number of benzene rings is 1. The summed E-state index contributed by atoms with van der Waals surface area (Å²) in [4.78, 5) is 45.6. The van der Waals surface area contributed by atoms with Crippen LogP contribution in [0, 0.1) is 5.92 Å². The number of fused-ring (bicyclic) bond motifs is 1. The molecule has 3 rings (SSSR count). The number of hydrogen-bond donors (Lipinski definition) is 3. The maximum atomic E-state index is 12.5. The molecule has 0 saturated heterocycles. The fourth-order valence-corrected chi connectivity index (χ4v) is 3.44. The molecule has 0 bridgehead atoms. The molecule has 2 heterocycles. The van der Waals surface area contributed by atoms with E-state index in [-0.39, 0.29) is 65.1 Å². The number of aryl methyl sites for hydroxylation is 2. The number of rotatable bonds is 10. The van der Waals surface area contributed by atoms with Crippen LogP contribution in [-0.2, 0) is 22.4 Å². The second-order valence-electron chi connectivity index (χ2n) is 7.44. The third-order valence-electron chi connectivity index (χ3n) is 5.16. The SMILES string of the molecule is C=C(CC(CC(=O)c1ccc(CCc2c[nH]c3nc(N)nc(N)c23)cc1)C(=O)[O-])C(=O)[O-].[Na+].[Na+]. The number of hydrogen-bond acceptors (Lipinski definition) is 9. The topological polar surface area (TPSA) is 191 Å². The van der Waals surface area contributed by atoms with Gasteiger partial charge in [0.25, 0.3) is 0 Å². The van der Waals surface area contributed by atoms with Crippen LogP contribution in [0.25, 0.3) is 11.0 Å². The Morgan fingerprint density at radius 3 is 2.24 bits per heavy atom. The molecule has 1 unspecified atom stereocenters. The molecule has 34 heavy (non-hydrogen) atoms. The zero-order valence-corrected chi connectivity index (χ0v) is 23.1. The molecule has 10 nitrogen and oxygen atoms in total. The first-order valence-electron chi connectivity index (χ1n) is 9.76. The summed E-state index contributed by atoms with van der Waals surface area (Å²) in [5.41, 5.74) is 13.9. The maximum absolute atomic E-state index is 12.5. The molecule has 0 aliphatic heterocycles. The quantitative estimate of drug-likeness (QED) is 0.144. The molecule has 1 atom stereocenters. The first kappa shape index (κ1) is 29.8. The fourth-order valence-electron chi connectivity index (χ4n) is 3.44. The van der Waals surface area contributed by atoms with Crippen LogP contribution in [0.5, 0.6) is 0 Å². The molecule has 0 amide bonds. The molecule has 2 aromatic heterocycles. The number of Topliss-reactive ketones (excluding diaryl/α,β-unsaturated/α-hetero) is 1. The van der Waals surface area contributed by atoms with Gasteiger partial charge < -0.3 is 36.3 Å². The van der Waals surface area contributed by atoms with Crippen LogP contribution in [0.2, 0.25) is 0 Å². The largest absolute Gasteiger partial charge is 1.00 e. The van der Waals surface area contributed by atoms with E-state index in [9.17, 15) is 24.6 Å². The molecular weight excluding hydrogens is 460 g/mol. The first-order valence-corrected chi connectivity index (χ1v) is 9.76. The Balaban J connectivity index is 0.00000289. The van der Waals surface area contributed by atoms with Gasteiger partial charge in [0, 0.05) is 30.1 Å². The van der Waals surface area contributed by atoms with Gasteiger partial charge in [0.15, 0.2) is 5.78 Å². The molecule has 0 aliphatic carbocycles. The summed E-state index contributed by atoms with van der Waals surface area (Å²) in [5.74, 6) is -4.41. The summed E-state index contributed by atoms with van der Waals surface area (Å²) in [6.07, 6.45) is 2.28. The van der Waals surface area contributed by atoms with Gasteiger partial charge in [-0.1, -0.05) is 30.8 Å². The number of aromatic nitrogens is 3. The molecule has 0 radical (unpaired) electrons. The minimum Gasteiger partial charge on any atom is -0.550 e.